The van der Waals surface area contributed by atoms with E-state index >= 15 is 0 Å². The van der Waals surface area contributed by atoms with Gasteiger partial charge in [0.25, 0.3) is 15.9 Å². The Morgan fingerprint density at radius 3 is 2.50 bits per heavy atom. The standard InChI is InChI=1S/C19H18ClN3O4S/c1-11-4-7-18(12(2)8-11)28(25,26)23-17-9-14(5-6-16(17)20)22-19(24)15-10-21-27-13(15)3/h4-10,23H,1-3H3,(H,22,24). The van der Waals surface area contributed by atoms with E-state index in [2.05, 4.69) is 15.2 Å². The lowest BCUT2D eigenvalue weighted by Gasteiger charge is -2.13. The molecule has 1 amide bonds. The van der Waals surface area contributed by atoms with Gasteiger partial charge in [-0.05, 0) is 50.6 Å². The average Bonchev–Trinajstić information content (AvgIpc) is 3.03. The summed E-state index contributed by atoms with van der Waals surface area (Å²) in [5.41, 5.74) is 2.39. The van der Waals surface area contributed by atoms with Crippen molar-refractivity contribution in [3.8, 4) is 0 Å². The number of aromatic nitrogens is 1. The zero-order valence-electron chi connectivity index (χ0n) is 15.4. The van der Waals surface area contributed by atoms with Crippen LogP contribution in [0.15, 0.2) is 52.0 Å². The summed E-state index contributed by atoms with van der Waals surface area (Å²) in [7, 11) is -3.85. The molecular weight excluding hydrogens is 402 g/mol. The monoisotopic (exact) mass is 419 g/mol. The smallest absolute Gasteiger partial charge is 0.262 e. The minimum absolute atomic E-state index is 0.154. The molecule has 0 aliphatic rings. The van der Waals surface area contributed by atoms with E-state index in [1.165, 1.54) is 18.3 Å². The summed E-state index contributed by atoms with van der Waals surface area (Å²) in [5, 5.41) is 6.43. The number of nitrogens with zero attached hydrogens (tertiary/aromatic N) is 1. The molecule has 0 radical (unpaired) electrons. The van der Waals surface area contributed by atoms with Gasteiger partial charge in [-0.2, -0.15) is 0 Å². The van der Waals surface area contributed by atoms with Crippen molar-refractivity contribution in [1.82, 2.24) is 5.16 Å². The largest absolute Gasteiger partial charge is 0.361 e. The van der Waals surface area contributed by atoms with Gasteiger partial charge < -0.3 is 9.84 Å². The average molecular weight is 420 g/mol. The number of carbonyl (C=O) groups excluding carboxylic acids is 1. The van der Waals surface area contributed by atoms with Gasteiger partial charge in [0, 0.05) is 5.69 Å². The van der Waals surface area contributed by atoms with Crippen LogP contribution in [0.4, 0.5) is 11.4 Å². The first kappa shape index (κ1) is 19.9. The van der Waals surface area contributed by atoms with E-state index in [1.807, 2.05) is 6.92 Å². The highest BCUT2D eigenvalue weighted by molar-refractivity contribution is 7.92. The number of aryl methyl sites for hydroxylation is 3. The topological polar surface area (TPSA) is 101 Å². The third kappa shape index (κ3) is 4.18. The van der Waals surface area contributed by atoms with E-state index in [4.69, 9.17) is 16.1 Å². The maximum absolute atomic E-state index is 12.8. The van der Waals surface area contributed by atoms with Gasteiger partial charge in [-0.1, -0.05) is 34.5 Å². The number of nitrogens with one attached hydrogen (secondary N) is 2. The predicted octanol–water partition coefficient (Wildman–Crippen LogP) is 4.31. The summed E-state index contributed by atoms with van der Waals surface area (Å²) in [5.74, 6) is -0.0495. The lowest BCUT2D eigenvalue weighted by molar-refractivity contribution is 0.102. The molecular formula is C19H18ClN3O4S. The normalized spacial score (nSPS) is 11.3. The van der Waals surface area contributed by atoms with E-state index in [0.717, 1.165) is 5.56 Å². The fraction of sp³-hybridized carbons (Fsp3) is 0.158. The number of carbonyl (C=O) groups is 1. The first-order valence-corrected chi connectivity index (χ1v) is 10.2. The quantitative estimate of drug-likeness (QED) is 0.641. The molecule has 28 heavy (non-hydrogen) atoms. The molecule has 3 rings (SSSR count). The fourth-order valence-electron chi connectivity index (χ4n) is 2.70. The van der Waals surface area contributed by atoms with Crippen LogP contribution < -0.4 is 10.0 Å². The zero-order valence-corrected chi connectivity index (χ0v) is 17.0. The van der Waals surface area contributed by atoms with Crippen molar-refractivity contribution in [3.05, 3.63) is 70.1 Å². The van der Waals surface area contributed by atoms with Crippen molar-refractivity contribution in [2.75, 3.05) is 10.0 Å². The zero-order chi connectivity index (χ0) is 20.5. The Hall–Kier alpha value is -2.84. The second-order valence-electron chi connectivity index (χ2n) is 6.32. The van der Waals surface area contributed by atoms with Crippen molar-refractivity contribution in [2.24, 2.45) is 0 Å². The highest BCUT2D eigenvalue weighted by Crippen LogP contribution is 2.29. The maximum atomic E-state index is 12.8. The minimum Gasteiger partial charge on any atom is -0.361 e. The lowest BCUT2D eigenvalue weighted by atomic mass is 10.2. The molecule has 0 spiro atoms. The molecule has 0 saturated heterocycles. The van der Waals surface area contributed by atoms with E-state index in [0.29, 0.717) is 17.0 Å². The highest BCUT2D eigenvalue weighted by atomic mass is 35.5. The fourth-order valence-corrected chi connectivity index (χ4v) is 4.22. The summed E-state index contributed by atoms with van der Waals surface area (Å²) in [6, 6.07) is 9.57. The molecule has 1 heterocycles. The summed E-state index contributed by atoms with van der Waals surface area (Å²) in [6.45, 7) is 5.23. The Balaban J connectivity index is 1.87. The summed E-state index contributed by atoms with van der Waals surface area (Å²) < 4.78 is 32.9. The SMILES string of the molecule is Cc1ccc(S(=O)(=O)Nc2cc(NC(=O)c3cnoc3C)ccc2Cl)c(C)c1. The molecule has 0 saturated carbocycles. The van der Waals surface area contributed by atoms with Crippen LogP contribution in [0.3, 0.4) is 0 Å². The van der Waals surface area contributed by atoms with E-state index in [-0.39, 0.29) is 21.2 Å². The van der Waals surface area contributed by atoms with Crippen LogP contribution in [-0.4, -0.2) is 19.5 Å². The number of sulfonamides is 1. The van der Waals surface area contributed by atoms with Gasteiger partial charge in [0.15, 0.2) is 0 Å². The summed E-state index contributed by atoms with van der Waals surface area (Å²) >= 11 is 6.15. The Labute approximate surface area is 167 Å². The number of hydrogen-bond donors (Lipinski definition) is 2. The Morgan fingerprint density at radius 2 is 1.86 bits per heavy atom. The van der Waals surface area contributed by atoms with Crippen LogP contribution in [0.2, 0.25) is 5.02 Å². The molecule has 0 unspecified atom stereocenters. The Kier molecular flexibility index (Phi) is 5.44. The van der Waals surface area contributed by atoms with Crippen LogP contribution in [0.25, 0.3) is 0 Å². The molecule has 2 aromatic carbocycles. The molecule has 0 bridgehead atoms. The lowest BCUT2D eigenvalue weighted by Crippen LogP contribution is -2.16. The molecule has 3 aromatic rings. The number of anilines is 2. The van der Waals surface area contributed by atoms with E-state index < -0.39 is 15.9 Å². The first-order valence-electron chi connectivity index (χ1n) is 8.29. The van der Waals surface area contributed by atoms with Crippen molar-refractivity contribution in [2.45, 2.75) is 25.7 Å². The number of amides is 1. The minimum atomic E-state index is -3.85. The second-order valence-corrected chi connectivity index (χ2v) is 8.38. The Morgan fingerprint density at radius 1 is 1.11 bits per heavy atom. The van der Waals surface area contributed by atoms with Gasteiger partial charge in [0.05, 0.1) is 21.8 Å². The van der Waals surface area contributed by atoms with E-state index in [9.17, 15) is 13.2 Å². The van der Waals surface area contributed by atoms with Crippen LogP contribution in [0, 0.1) is 20.8 Å². The third-order valence-electron chi connectivity index (χ3n) is 4.08. The molecule has 2 N–H and O–H groups in total. The first-order chi connectivity index (χ1) is 13.2. The summed E-state index contributed by atoms with van der Waals surface area (Å²) in [4.78, 5) is 12.4. The molecule has 7 nitrogen and oxygen atoms in total. The number of rotatable bonds is 5. The van der Waals surface area contributed by atoms with Crippen molar-refractivity contribution < 1.29 is 17.7 Å². The van der Waals surface area contributed by atoms with Gasteiger partial charge in [-0.15, -0.1) is 0 Å². The van der Waals surface area contributed by atoms with Crippen LogP contribution in [-0.2, 0) is 10.0 Å². The van der Waals surface area contributed by atoms with Gasteiger partial charge in [0.2, 0.25) is 0 Å². The maximum Gasteiger partial charge on any atom is 0.262 e. The molecule has 1 aromatic heterocycles. The van der Waals surface area contributed by atoms with Crippen molar-refractivity contribution >= 4 is 38.9 Å². The molecule has 0 atom stereocenters. The van der Waals surface area contributed by atoms with Crippen LogP contribution in [0.1, 0.15) is 27.2 Å². The molecule has 0 aliphatic carbocycles. The summed E-state index contributed by atoms with van der Waals surface area (Å²) in [6.07, 6.45) is 1.31. The Bertz CT molecular complexity index is 1160. The highest BCUT2D eigenvalue weighted by Gasteiger charge is 2.19. The van der Waals surface area contributed by atoms with Crippen molar-refractivity contribution in [1.29, 1.82) is 0 Å². The number of hydrogen-bond acceptors (Lipinski definition) is 5. The van der Waals surface area contributed by atoms with Gasteiger partial charge in [0.1, 0.15) is 11.3 Å². The molecule has 146 valence electrons. The third-order valence-corrected chi connectivity index (χ3v) is 5.94. The molecule has 0 fully saturated rings. The number of halogens is 1. The number of benzene rings is 2. The molecule has 9 heteroatoms. The second kappa shape index (κ2) is 7.65. The van der Waals surface area contributed by atoms with Crippen molar-refractivity contribution in [3.63, 3.8) is 0 Å². The van der Waals surface area contributed by atoms with Gasteiger partial charge >= 0.3 is 0 Å². The van der Waals surface area contributed by atoms with Gasteiger partial charge in [-0.25, -0.2) is 8.42 Å². The predicted molar refractivity (Wildman–Crippen MR) is 107 cm³/mol. The van der Waals surface area contributed by atoms with Gasteiger partial charge in [-0.3, -0.25) is 9.52 Å². The van der Waals surface area contributed by atoms with Crippen LogP contribution in [0.5, 0.6) is 0 Å². The van der Waals surface area contributed by atoms with E-state index in [1.54, 1.807) is 38.1 Å². The van der Waals surface area contributed by atoms with Crippen LogP contribution >= 0.6 is 11.6 Å². The molecule has 0 aliphatic heterocycles.